The van der Waals surface area contributed by atoms with Gasteiger partial charge in [0.2, 0.25) is 5.28 Å². The molecule has 1 saturated carbocycles. The molecule has 0 bridgehead atoms. The van der Waals surface area contributed by atoms with E-state index in [1.807, 2.05) is 0 Å². The molecule has 0 saturated heterocycles. The van der Waals surface area contributed by atoms with Crippen molar-refractivity contribution in [2.45, 2.75) is 18.1 Å². The molecule has 2 aliphatic rings. The molecule has 128 valence electrons. The van der Waals surface area contributed by atoms with Crippen LogP contribution in [0.1, 0.15) is 12.8 Å². The number of azo groups is 1. The van der Waals surface area contributed by atoms with Crippen molar-refractivity contribution < 1.29 is 0 Å². The summed E-state index contributed by atoms with van der Waals surface area (Å²) >= 11 is 0. The molecule has 5 rings (SSSR count). The van der Waals surface area contributed by atoms with E-state index in [1.54, 1.807) is 0 Å². The zero-order valence-electron chi connectivity index (χ0n) is 14.7. The van der Waals surface area contributed by atoms with Gasteiger partial charge in [-0.1, -0.05) is 54.6 Å². The summed E-state index contributed by atoms with van der Waals surface area (Å²) in [4.78, 5) is 0. The second-order valence-electron chi connectivity index (χ2n) is 7.22. The van der Waals surface area contributed by atoms with Crippen LogP contribution < -0.4 is 15.9 Å². The van der Waals surface area contributed by atoms with Crippen LogP contribution in [0.4, 0.5) is 0 Å². The third kappa shape index (κ3) is 2.03. The molecule has 0 spiro atoms. The maximum atomic E-state index is 5.01. The summed E-state index contributed by atoms with van der Waals surface area (Å²) in [6, 6.07) is 33.2. The molecule has 1 fully saturated rings. The summed E-state index contributed by atoms with van der Waals surface area (Å²) in [6.45, 7) is 0.883. The van der Waals surface area contributed by atoms with Gasteiger partial charge in [0.15, 0.2) is 0 Å². The van der Waals surface area contributed by atoms with Crippen LogP contribution in [0.5, 0.6) is 0 Å². The first-order chi connectivity index (χ1) is 12.9. The second kappa shape index (κ2) is 6.14. The van der Waals surface area contributed by atoms with E-state index in [1.165, 1.54) is 22.3 Å². The monoisotopic (exact) mass is 357 g/mol. The Bertz CT molecular complexity index is 828. The Hall–Kier alpha value is -2.31. The minimum atomic E-state index is -1.94. The molecule has 0 radical (unpaired) electrons. The Labute approximate surface area is 155 Å². The summed E-state index contributed by atoms with van der Waals surface area (Å²) in [5.74, 6) is 0.566. The molecule has 0 aromatic heterocycles. The van der Waals surface area contributed by atoms with E-state index in [9.17, 15) is 0 Å². The van der Waals surface area contributed by atoms with Gasteiger partial charge in [0, 0.05) is 12.3 Å². The van der Waals surface area contributed by atoms with Crippen LogP contribution in [0.3, 0.4) is 0 Å². The van der Waals surface area contributed by atoms with Crippen molar-refractivity contribution in [1.82, 2.24) is 0 Å². The van der Waals surface area contributed by atoms with Crippen molar-refractivity contribution in [3.63, 3.8) is 0 Å². The molecule has 1 heterocycles. The van der Waals surface area contributed by atoms with Crippen LogP contribution >= 0.6 is 7.26 Å². The van der Waals surface area contributed by atoms with Crippen molar-refractivity contribution in [3.8, 4) is 0 Å². The Morgan fingerprint density at radius 1 is 0.692 bits per heavy atom. The maximum Gasteiger partial charge on any atom is 0.205 e. The lowest BCUT2D eigenvalue weighted by Gasteiger charge is -2.48. The molecule has 3 aromatic carbocycles. The molecule has 1 aliphatic heterocycles. The first-order valence-electron chi connectivity index (χ1n) is 9.33. The van der Waals surface area contributed by atoms with Crippen LogP contribution in [0.25, 0.3) is 0 Å². The zero-order valence-corrected chi connectivity index (χ0v) is 15.6. The highest BCUT2D eigenvalue weighted by molar-refractivity contribution is 7.97. The first-order valence-corrected chi connectivity index (χ1v) is 11.1. The highest BCUT2D eigenvalue weighted by Crippen LogP contribution is 2.76. The van der Waals surface area contributed by atoms with E-state index in [0.29, 0.717) is 5.92 Å². The summed E-state index contributed by atoms with van der Waals surface area (Å²) in [5.41, 5.74) is 0. The molecule has 2 atom stereocenters. The van der Waals surface area contributed by atoms with Crippen molar-refractivity contribution in [3.05, 3.63) is 91.0 Å². The maximum absolute atomic E-state index is 5.01. The van der Waals surface area contributed by atoms with Gasteiger partial charge in [-0.25, -0.2) is 0 Å². The van der Waals surface area contributed by atoms with Gasteiger partial charge in [-0.15, -0.1) is 5.11 Å². The first kappa shape index (κ1) is 15.9. The molecule has 3 aromatic rings. The lowest BCUT2D eigenvalue weighted by atomic mass is 9.80. The minimum absolute atomic E-state index is 0.0724. The Balaban J connectivity index is 1.89. The number of hydrogen-bond acceptors (Lipinski definition) is 2. The fourth-order valence-corrected chi connectivity index (χ4v) is 10.3. The van der Waals surface area contributed by atoms with Crippen molar-refractivity contribution >= 4 is 23.2 Å². The van der Waals surface area contributed by atoms with E-state index in [4.69, 9.17) is 5.11 Å². The lowest BCUT2D eigenvalue weighted by molar-refractivity contribution is 0.259. The Morgan fingerprint density at radius 3 is 1.50 bits per heavy atom. The average Bonchev–Trinajstić information content (AvgIpc) is 3.00. The van der Waals surface area contributed by atoms with Crippen LogP contribution in [0.2, 0.25) is 0 Å². The summed E-state index contributed by atoms with van der Waals surface area (Å²) in [6.07, 6.45) is 2.37. The quantitative estimate of drug-likeness (QED) is 0.612. The minimum Gasteiger partial charge on any atom is -0.189 e. The van der Waals surface area contributed by atoms with Gasteiger partial charge in [0.05, 0.1) is 6.54 Å². The van der Waals surface area contributed by atoms with Crippen LogP contribution in [-0.2, 0) is 0 Å². The van der Waals surface area contributed by atoms with E-state index in [-0.39, 0.29) is 5.28 Å². The van der Waals surface area contributed by atoms with Crippen molar-refractivity contribution in [1.29, 1.82) is 0 Å². The molecule has 0 unspecified atom stereocenters. The van der Waals surface area contributed by atoms with Crippen LogP contribution in [-0.4, -0.2) is 11.8 Å². The second-order valence-corrected chi connectivity index (χ2v) is 10.9. The molecule has 26 heavy (non-hydrogen) atoms. The highest BCUT2D eigenvalue weighted by atomic mass is 31.2. The standard InChI is InChI=1S/C23H22N2P/c1-4-10-20(11-5-1)26(21-12-6-2-7-13-21,22-14-8-3-9-15-22)23-17-16-19(23)18-24-25-23/h1-15,19H,16-18H2/q+1/t19-,23+/m1/s1. The van der Waals surface area contributed by atoms with E-state index in [0.717, 1.165) is 13.0 Å². The van der Waals surface area contributed by atoms with Gasteiger partial charge < -0.3 is 0 Å². The van der Waals surface area contributed by atoms with Gasteiger partial charge in [-0.05, 0) is 42.8 Å². The molecule has 1 aliphatic carbocycles. The number of hydrogen-bond donors (Lipinski definition) is 0. The summed E-state index contributed by atoms with van der Waals surface area (Å²) in [7, 11) is -1.94. The van der Waals surface area contributed by atoms with Crippen LogP contribution in [0.15, 0.2) is 101 Å². The van der Waals surface area contributed by atoms with Crippen LogP contribution in [0, 0.1) is 5.92 Å². The van der Waals surface area contributed by atoms with Gasteiger partial charge in [0.1, 0.15) is 23.2 Å². The fourth-order valence-electron chi connectivity index (χ4n) is 4.82. The molecule has 3 heteroatoms. The van der Waals surface area contributed by atoms with Gasteiger partial charge in [0.25, 0.3) is 0 Å². The molecular weight excluding hydrogens is 335 g/mol. The predicted molar refractivity (Wildman–Crippen MR) is 110 cm³/mol. The Morgan fingerprint density at radius 2 is 1.15 bits per heavy atom. The third-order valence-electron chi connectivity index (χ3n) is 6.07. The number of nitrogens with zero attached hydrogens (tertiary/aromatic N) is 2. The molecular formula is C23H22N2P+. The SMILES string of the molecule is c1ccc([P+](c2ccccc2)(c2ccccc2)[C@@]23CC[C@@H]2CN=N3)cc1. The molecule has 0 N–H and O–H groups in total. The van der Waals surface area contributed by atoms with Gasteiger partial charge in [-0.3, -0.25) is 0 Å². The largest absolute Gasteiger partial charge is 0.205 e. The fraction of sp³-hybridized carbons (Fsp3) is 0.217. The van der Waals surface area contributed by atoms with Gasteiger partial charge in [-0.2, -0.15) is 5.11 Å². The Kier molecular flexibility index (Phi) is 3.76. The van der Waals surface area contributed by atoms with Gasteiger partial charge >= 0.3 is 0 Å². The third-order valence-corrected chi connectivity index (χ3v) is 11.1. The zero-order chi connectivity index (χ0) is 17.5. The molecule has 0 amide bonds. The van der Waals surface area contributed by atoms with E-state index in [2.05, 4.69) is 96.1 Å². The topological polar surface area (TPSA) is 24.7 Å². The molecule has 2 nitrogen and oxygen atoms in total. The summed E-state index contributed by atoms with van der Waals surface area (Å²) in [5, 5.41) is 13.8. The van der Waals surface area contributed by atoms with E-state index >= 15 is 0 Å². The summed E-state index contributed by atoms with van der Waals surface area (Å²) < 4.78 is 0. The number of benzene rings is 3. The van der Waals surface area contributed by atoms with E-state index < -0.39 is 7.26 Å². The number of fused-ring (bicyclic) bond motifs is 1. The smallest absolute Gasteiger partial charge is 0.189 e. The number of rotatable bonds is 4. The lowest BCUT2D eigenvalue weighted by Crippen LogP contribution is -2.55. The predicted octanol–water partition coefficient (Wildman–Crippen LogP) is 4.55. The normalized spacial score (nSPS) is 24.1. The van der Waals surface area contributed by atoms with Crippen molar-refractivity contribution in [2.75, 3.05) is 6.54 Å². The van der Waals surface area contributed by atoms with Crippen molar-refractivity contribution in [2.24, 2.45) is 16.1 Å². The average molecular weight is 357 g/mol. The highest BCUT2D eigenvalue weighted by Gasteiger charge is 2.72.